The summed E-state index contributed by atoms with van der Waals surface area (Å²) in [5.41, 5.74) is 0.568. The first-order valence-corrected chi connectivity index (χ1v) is 7.64. The highest BCUT2D eigenvalue weighted by Crippen LogP contribution is 2.34. The summed E-state index contributed by atoms with van der Waals surface area (Å²) in [5.74, 6) is 0.908. The van der Waals surface area contributed by atoms with Crippen molar-refractivity contribution in [2.24, 2.45) is 0 Å². The number of hydrogen-bond acceptors (Lipinski definition) is 5. The molecule has 1 aromatic heterocycles. The molecule has 7 nitrogen and oxygen atoms in total. The molecule has 3 rings (SSSR count). The van der Waals surface area contributed by atoms with E-state index in [2.05, 4.69) is 31.2 Å². The van der Waals surface area contributed by atoms with Crippen LogP contribution in [0.4, 0.5) is 11.5 Å². The summed E-state index contributed by atoms with van der Waals surface area (Å²) < 4.78 is 6.23. The van der Waals surface area contributed by atoms with E-state index in [4.69, 9.17) is 4.74 Å². The van der Waals surface area contributed by atoms with Gasteiger partial charge in [0.25, 0.3) is 5.91 Å². The summed E-state index contributed by atoms with van der Waals surface area (Å²) in [6.45, 7) is 1.53. The molecule has 2 aromatic rings. The molecule has 0 saturated heterocycles. The van der Waals surface area contributed by atoms with Crippen LogP contribution in [0.1, 0.15) is 5.82 Å². The third kappa shape index (κ3) is 3.48. The molecule has 1 N–H and O–H groups in total. The van der Waals surface area contributed by atoms with Crippen molar-refractivity contribution in [2.45, 2.75) is 6.92 Å². The first kappa shape index (κ1) is 15.4. The van der Waals surface area contributed by atoms with Crippen LogP contribution in [0.15, 0.2) is 34.9 Å². The first-order chi connectivity index (χ1) is 11.0. The van der Waals surface area contributed by atoms with E-state index in [9.17, 15) is 9.59 Å². The summed E-state index contributed by atoms with van der Waals surface area (Å²) >= 11 is 3.35. The van der Waals surface area contributed by atoms with Crippen LogP contribution in [-0.4, -0.2) is 34.9 Å². The zero-order chi connectivity index (χ0) is 16.4. The van der Waals surface area contributed by atoms with E-state index in [-0.39, 0.29) is 25.0 Å². The number of aromatic nitrogens is 2. The molecule has 1 aromatic carbocycles. The summed E-state index contributed by atoms with van der Waals surface area (Å²) in [7, 11) is 0. The number of carbonyl (C=O) groups is 2. The molecule has 1 aliphatic rings. The lowest BCUT2D eigenvalue weighted by atomic mass is 10.2. The number of nitrogens with zero attached hydrogens (tertiary/aromatic N) is 3. The number of amides is 2. The van der Waals surface area contributed by atoms with Gasteiger partial charge in [-0.2, -0.15) is 0 Å². The fraction of sp³-hybridized carbons (Fsp3) is 0.200. The zero-order valence-electron chi connectivity index (χ0n) is 12.2. The highest BCUT2D eigenvalue weighted by Gasteiger charge is 2.27. The monoisotopic (exact) mass is 376 g/mol. The van der Waals surface area contributed by atoms with E-state index in [0.29, 0.717) is 23.1 Å². The summed E-state index contributed by atoms with van der Waals surface area (Å²) in [5, 5.41) is 2.66. The van der Waals surface area contributed by atoms with Crippen LogP contribution < -0.4 is 15.0 Å². The highest BCUT2D eigenvalue weighted by molar-refractivity contribution is 9.10. The SMILES string of the molecule is Cc1nccc(NC(=O)CN2C(=O)COc3cc(Br)ccc32)n1. The van der Waals surface area contributed by atoms with Crippen molar-refractivity contribution in [1.29, 1.82) is 0 Å². The van der Waals surface area contributed by atoms with Crippen molar-refractivity contribution in [3.05, 3.63) is 40.8 Å². The number of aryl methyl sites for hydroxylation is 1. The smallest absolute Gasteiger partial charge is 0.265 e. The molecule has 0 bridgehead atoms. The number of fused-ring (bicyclic) bond motifs is 1. The first-order valence-electron chi connectivity index (χ1n) is 6.85. The van der Waals surface area contributed by atoms with E-state index in [0.717, 1.165) is 4.47 Å². The Bertz CT molecular complexity index is 781. The van der Waals surface area contributed by atoms with Crippen LogP contribution in [0.3, 0.4) is 0 Å². The molecule has 2 amide bonds. The normalized spacial score (nSPS) is 13.3. The molecule has 118 valence electrons. The van der Waals surface area contributed by atoms with Gasteiger partial charge in [0.05, 0.1) is 5.69 Å². The standard InChI is InChI=1S/C15H13BrN4O3/c1-9-17-5-4-13(18-9)19-14(21)7-20-11-3-2-10(16)6-12(11)23-8-15(20)22/h2-6H,7-8H2,1H3,(H,17,18,19,21). The van der Waals surface area contributed by atoms with Crippen molar-refractivity contribution >= 4 is 39.2 Å². The van der Waals surface area contributed by atoms with Crippen LogP contribution in [0, 0.1) is 6.92 Å². The van der Waals surface area contributed by atoms with E-state index >= 15 is 0 Å². The maximum Gasteiger partial charge on any atom is 0.265 e. The van der Waals surface area contributed by atoms with Crippen LogP contribution in [0.2, 0.25) is 0 Å². The van der Waals surface area contributed by atoms with Crippen molar-refractivity contribution in [3.63, 3.8) is 0 Å². The molecule has 0 fully saturated rings. The molecule has 0 unspecified atom stereocenters. The fourth-order valence-electron chi connectivity index (χ4n) is 2.20. The van der Waals surface area contributed by atoms with Gasteiger partial charge in [0.1, 0.15) is 23.9 Å². The number of rotatable bonds is 3. The van der Waals surface area contributed by atoms with Gasteiger partial charge in [-0.1, -0.05) is 15.9 Å². The molecular formula is C15H13BrN4O3. The Morgan fingerprint density at radius 3 is 3.04 bits per heavy atom. The predicted molar refractivity (Wildman–Crippen MR) is 87.4 cm³/mol. The number of nitrogens with one attached hydrogen (secondary N) is 1. The van der Waals surface area contributed by atoms with Crippen molar-refractivity contribution in [1.82, 2.24) is 9.97 Å². The quantitative estimate of drug-likeness (QED) is 0.884. The minimum atomic E-state index is -0.341. The second-order valence-corrected chi connectivity index (χ2v) is 5.83. The van der Waals surface area contributed by atoms with Gasteiger partial charge >= 0.3 is 0 Å². The van der Waals surface area contributed by atoms with E-state index < -0.39 is 0 Å². The average Bonchev–Trinajstić information content (AvgIpc) is 2.50. The molecule has 0 atom stereocenters. The Kier molecular flexibility index (Phi) is 4.24. The van der Waals surface area contributed by atoms with Crippen LogP contribution >= 0.6 is 15.9 Å². The molecule has 8 heteroatoms. The molecule has 23 heavy (non-hydrogen) atoms. The predicted octanol–water partition coefficient (Wildman–Crippen LogP) is 1.91. The van der Waals surface area contributed by atoms with Gasteiger partial charge < -0.3 is 10.1 Å². The summed E-state index contributed by atoms with van der Waals surface area (Å²) in [6, 6.07) is 6.88. The van der Waals surface area contributed by atoms with Gasteiger partial charge in [-0.05, 0) is 31.2 Å². The van der Waals surface area contributed by atoms with Crippen LogP contribution in [0.25, 0.3) is 0 Å². The number of carbonyl (C=O) groups excluding carboxylic acids is 2. The number of hydrogen-bond donors (Lipinski definition) is 1. The maximum absolute atomic E-state index is 12.2. The van der Waals surface area contributed by atoms with Crippen LogP contribution in [-0.2, 0) is 9.59 Å². The zero-order valence-corrected chi connectivity index (χ0v) is 13.8. The Labute approximate surface area is 140 Å². The fourth-order valence-corrected chi connectivity index (χ4v) is 2.54. The number of benzene rings is 1. The lowest BCUT2D eigenvalue weighted by Crippen LogP contribution is -2.43. The third-order valence-electron chi connectivity index (χ3n) is 3.21. The van der Waals surface area contributed by atoms with Gasteiger partial charge in [0.2, 0.25) is 5.91 Å². The van der Waals surface area contributed by atoms with Gasteiger partial charge in [-0.3, -0.25) is 14.5 Å². The second-order valence-electron chi connectivity index (χ2n) is 4.92. The van der Waals surface area contributed by atoms with Crippen molar-refractivity contribution < 1.29 is 14.3 Å². The largest absolute Gasteiger partial charge is 0.482 e. The Morgan fingerprint density at radius 2 is 2.26 bits per heavy atom. The van der Waals surface area contributed by atoms with Crippen molar-refractivity contribution in [2.75, 3.05) is 23.4 Å². The minimum absolute atomic E-state index is 0.0939. The highest BCUT2D eigenvalue weighted by atomic mass is 79.9. The molecule has 2 heterocycles. The lowest BCUT2D eigenvalue weighted by Gasteiger charge is -2.28. The van der Waals surface area contributed by atoms with Gasteiger partial charge in [0.15, 0.2) is 6.61 Å². The minimum Gasteiger partial charge on any atom is -0.482 e. The summed E-state index contributed by atoms with van der Waals surface area (Å²) in [6.07, 6.45) is 1.56. The van der Waals surface area contributed by atoms with E-state index in [1.807, 2.05) is 0 Å². The summed E-state index contributed by atoms with van der Waals surface area (Å²) in [4.78, 5) is 33.7. The maximum atomic E-state index is 12.2. The molecule has 0 radical (unpaired) electrons. The molecule has 0 saturated carbocycles. The van der Waals surface area contributed by atoms with E-state index in [1.54, 1.807) is 37.4 Å². The lowest BCUT2D eigenvalue weighted by molar-refractivity contribution is -0.123. The van der Waals surface area contributed by atoms with Gasteiger partial charge in [0, 0.05) is 10.7 Å². The molecule has 1 aliphatic heterocycles. The molecular weight excluding hydrogens is 364 g/mol. The number of ether oxygens (including phenoxy) is 1. The number of halogens is 1. The van der Waals surface area contributed by atoms with Gasteiger partial charge in [-0.25, -0.2) is 9.97 Å². The Balaban J connectivity index is 1.77. The molecule has 0 spiro atoms. The second kappa shape index (κ2) is 6.33. The van der Waals surface area contributed by atoms with Gasteiger partial charge in [-0.15, -0.1) is 0 Å². The Hall–Kier alpha value is -2.48. The average molecular weight is 377 g/mol. The molecule has 0 aliphatic carbocycles. The Morgan fingerprint density at radius 1 is 1.43 bits per heavy atom. The van der Waals surface area contributed by atoms with Crippen molar-refractivity contribution in [3.8, 4) is 5.75 Å². The van der Waals surface area contributed by atoms with E-state index in [1.165, 1.54) is 4.90 Å². The number of anilines is 2. The third-order valence-corrected chi connectivity index (χ3v) is 3.70. The topological polar surface area (TPSA) is 84.4 Å². The van der Waals surface area contributed by atoms with Crippen LogP contribution in [0.5, 0.6) is 5.75 Å².